The van der Waals surface area contributed by atoms with Gasteiger partial charge in [-0.1, -0.05) is 26.0 Å². The van der Waals surface area contributed by atoms with E-state index >= 15 is 0 Å². The minimum absolute atomic E-state index is 0.122. The molecule has 0 aromatic carbocycles. The number of hydrogen-bond donors (Lipinski definition) is 4. The van der Waals surface area contributed by atoms with Gasteiger partial charge >= 0.3 is 0 Å². The van der Waals surface area contributed by atoms with Gasteiger partial charge in [0.2, 0.25) is 0 Å². The third-order valence-electron chi connectivity index (χ3n) is 3.85. The maximum absolute atomic E-state index is 10.7. The van der Waals surface area contributed by atoms with Crippen LogP contribution in [0.4, 0.5) is 0 Å². The van der Waals surface area contributed by atoms with E-state index in [9.17, 15) is 20.4 Å². The number of rotatable bonds is 2. The topological polar surface area (TPSA) is 80.9 Å². The van der Waals surface area contributed by atoms with Crippen molar-refractivity contribution in [3.8, 4) is 0 Å². The molecule has 0 saturated heterocycles. The second kappa shape index (κ2) is 4.35. The minimum atomic E-state index is -1.46. The summed E-state index contributed by atoms with van der Waals surface area (Å²) < 4.78 is 0. The Hall–Kier alpha value is -0.420. The van der Waals surface area contributed by atoms with Crippen molar-refractivity contribution in [2.45, 2.75) is 63.9 Å². The minimum Gasteiger partial charge on any atom is -0.393 e. The molecule has 4 atom stereocenters. The molecular formula is C13H24O4. The average Bonchev–Trinajstić information content (AvgIpc) is 2.09. The first-order chi connectivity index (χ1) is 7.52. The lowest BCUT2D eigenvalue weighted by molar-refractivity contribution is -0.217. The fourth-order valence-electron chi connectivity index (χ4n) is 2.84. The van der Waals surface area contributed by atoms with Gasteiger partial charge in [0.1, 0.15) is 5.60 Å². The summed E-state index contributed by atoms with van der Waals surface area (Å²) in [5, 5.41) is 40.1. The highest BCUT2D eigenvalue weighted by Crippen LogP contribution is 2.50. The second-order valence-corrected chi connectivity index (χ2v) is 6.09. The van der Waals surface area contributed by atoms with E-state index in [1.807, 2.05) is 0 Å². The van der Waals surface area contributed by atoms with Crippen LogP contribution in [0.2, 0.25) is 0 Å². The molecule has 0 heterocycles. The Morgan fingerprint density at radius 3 is 2.12 bits per heavy atom. The Bertz CT molecular complexity index is 287. The van der Waals surface area contributed by atoms with Crippen molar-refractivity contribution >= 4 is 0 Å². The lowest BCUT2D eigenvalue weighted by atomic mass is 9.57. The van der Waals surface area contributed by atoms with Gasteiger partial charge in [-0.25, -0.2) is 0 Å². The SMILES string of the molecule is C[C@H](O)/C=C/[C@]1(O)C(C)(C)C[C@@H](O)C[C@]1(C)O. The molecule has 0 radical (unpaired) electrons. The fourth-order valence-corrected chi connectivity index (χ4v) is 2.84. The van der Waals surface area contributed by atoms with Crippen LogP contribution in [0, 0.1) is 5.41 Å². The van der Waals surface area contributed by atoms with Gasteiger partial charge in [0.25, 0.3) is 0 Å². The maximum atomic E-state index is 10.7. The Kier molecular flexibility index (Phi) is 3.75. The van der Waals surface area contributed by atoms with Gasteiger partial charge in [-0.15, -0.1) is 0 Å². The quantitative estimate of drug-likeness (QED) is 0.536. The predicted octanol–water partition coefficient (Wildman–Crippen LogP) is 0.586. The fraction of sp³-hybridized carbons (Fsp3) is 0.846. The maximum Gasteiger partial charge on any atom is 0.116 e. The number of aliphatic hydroxyl groups excluding tert-OH is 2. The zero-order chi connectivity index (χ0) is 13.5. The van der Waals surface area contributed by atoms with E-state index in [1.54, 1.807) is 20.8 Å². The summed E-state index contributed by atoms with van der Waals surface area (Å²) >= 11 is 0. The van der Waals surface area contributed by atoms with Crippen molar-refractivity contribution in [2.24, 2.45) is 5.41 Å². The Balaban J connectivity index is 3.15. The first kappa shape index (κ1) is 14.6. The molecule has 4 nitrogen and oxygen atoms in total. The largest absolute Gasteiger partial charge is 0.393 e. The smallest absolute Gasteiger partial charge is 0.116 e. The average molecular weight is 244 g/mol. The van der Waals surface area contributed by atoms with Crippen molar-refractivity contribution in [1.29, 1.82) is 0 Å². The van der Waals surface area contributed by atoms with Crippen molar-refractivity contribution in [3.63, 3.8) is 0 Å². The van der Waals surface area contributed by atoms with E-state index in [2.05, 4.69) is 0 Å². The van der Waals surface area contributed by atoms with Gasteiger partial charge in [0.05, 0.1) is 17.8 Å². The monoisotopic (exact) mass is 244 g/mol. The third-order valence-corrected chi connectivity index (χ3v) is 3.85. The highest BCUT2D eigenvalue weighted by Gasteiger charge is 2.58. The highest BCUT2D eigenvalue weighted by atomic mass is 16.4. The molecule has 1 rings (SSSR count). The number of hydrogen-bond acceptors (Lipinski definition) is 4. The van der Waals surface area contributed by atoms with Crippen LogP contribution in [-0.2, 0) is 0 Å². The Morgan fingerprint density at radius 1 is 1.18 bits per heavy atom. The third kappa shape index (κ3) is 2.55. The molecule has 4 heteroatoms. The van der Waals surface area contributed by atoms with E-state index in [0.717, 1.165) is 0 Å². The van der Waals surface area contributed by atoms with Gasteiger partial charge in [-0.05, 0) is 20.3 Å². The van der Waals surface area contributed by atoms with Crippen LogP contribution in [0.5, 0.6) is 0 Å². The molecule has 0 bridgehead atoms. The summed E-state index contributed by atoms with van der Waals surface area (Å²) in [6.45, 7) is 6.70. The van der Waals surface area contributed by atoms with E-state index < -0.39 is 28.8 Å². The van der Waals surface area contributed by atoms with E-state index in [-0.39, 0.29) is 6.42 Å². The van der Waals surface area contributed by atoms with Crippen LogP contribution in [0.3, 0.4) is 0 Å². The van der Waals surface area contributed by atoms with Crippen molar-refractivity contribution in [2.75, 3.05) is 0 Å². The molecule has 4 N–H and O–H groups in total. The molecule has 0 aromatic rings. The van der Waals surface area contributed by atoms with Crippen molar-refractivity contribution in [3.05, 3.63) is 12.2 Å². The molecule has 0 amide bonds. The van der Waals surface area contributed by atoms with E-state index in [1.165, 1.54) is 19.1 Å². The Labute approximate surface area is 103 Å². The van der Waals surface area contributed by atoms with Crippen molar-refractivity contribution in [1.82, 2.24) is 0 Å². The van der Waals surface area contributed by atoms with E-state index in [0.29, 0.717) is 6.42 Å². The first-order valence-electron chi connectivity index (χ1n) is 6.02. The molecule has 1 aliphatic rings. The molecule has 0 unspecified atom stereocenters. The van der Waals surface area contributed by atoms with Crippen LogP contribution < -0.4 is 0 Å². The molecule has 17 heavy (non-hydrogen) atoms. The summed E-state index contributed by atoms with van der Waals surface area (Å²) in [5.41, 5.74) is -3.55. The summed E-state index contributed by atoms with van der Waals surface area (Å²) in [5.74, 6) is 0. The van der Waals surface area contributed by atoms with Gasteiger partial charge < -0.3 is 20.4 Å². The first-order valence-corrected chi connectivity index (χ1v) is 6.02. The van der Waals surface area contributed by atoms with Gasteiger partial charge in [0, 0.05) is 11.8 Å². The van der Waals surface area contributed by atoms with E-state index in [4.69, 9.17) is 0 Å². The predicted molar refractivity (Wildman–Crippen MR) is 65.4 cm³/mol. The normalized spacial score (nSPS) is 43.9. The standard InChI is InChI=1S/C13H24O4/c1-9(14)5-6-13(17)11(2,3)7-10(15)8-12(13,4)16/h5-6,9-10,14-17H,7-8H2,1-4H3/b6-5+/t9-,10+,12-,13-/m0/s1. The van der Waals surface area contributed by atoms with Crippen molar-refractivity contribution < 1.29 is 20.4 Å². The molecule has 0 aliphatic heterocycles. The van der Waals surface area contributed by atoms with Gasteiger partial charge in [-0.3, -0.25) is 0 Å². The van der Waals surface area contributed by atoms with Crippen LogP contribution in [-0.4, -0.2) is 43.8 Å². The molecule has 1 fully saturated rings. The summed E-state index contributed by atoms with van der Waals surface area (Å²) in [6, 6.07) is 0. The Morgan fingerprint density at radius 2 is 1.71 bits per heavy atom. The zero-order valence-corrected chi connectivity index (χ0v) is 11.0. The van der Waals surface area contributed by atoms with Crippen LogP contribution in [0.25, 0.3) is 0 Å². The molecular weight excluding hydrogens is 220 g/mol. The van der Waals surface area contributed by atoms with Gasteiger partial charge in [-0.2, -0.15) is 0 Å². The van der Waals surface area contributed by atoms with Crippen LogP contribution >= 0.6 is 0 Å². The molecule has 100 valence electrons. The second-order valence-electron chi connectivity index (χ2n) is 6.09. The molecule has 1 saturated carbocycles. The highest BCUT2D eigenvalue weighted by molar-refractivity contribution is 5.21. The summed E-state index contributed by atoms with van der Waals surface area (Å²) in [4.78, 5) is 0. The lowest BCUT2D eigenvalue weighted by Crippen LogP contribution is -2.65. The summed E-state index contributed by atoms with van der Waals surface area (Å²) in [6.07, 6.45) is 2.15. The van der Waals surface area contributed by atoms with Crippen LogP contribution in [0.1, 0.15) is 40.5 Å². The van der Waals surface area contributed by atoms with Gasteiger partial charge in [0.15, 0.2) is 0 Å². The number of aliphatic hydroxyl groups is 4. The summed E-state index contributed by atoms with van der Waals surface area (Å²) in [7, 11) is 0. The molecule has 1 aliphatic carbocycles. The molecule has 0 aromatic heterocycles. The molecule has 0 spiro atoms. The van der Waals surface area contributed by atoms with Crippen LogP contribution in [0.15, 0.2) is 12.2 Å². The lowest BCUT2D eigenvalue weighted by Gasteiger charge is -2.54. The zero-order valence-electron chi connectivity index (χ0n) is 11.0.